The molecule has 4 nitrogen and oxygen atoms in total. The number of rotatable bonds is 4. The quantitative estimate of drug-likeness (QED) is 0.474. The summed E-state index contributed by atoms with van der Waals surface area (Å²) < 4.78 is 15.4. The van der Waals surface area contributed by atoms with Gasteiger partial charge in [0.25, 0.3) is 0 Å². The van der Waals surface area contributed by atoms with Crippen LogP contribution in [-0.2, 0) is 6.54 Å². The van der Waals surface area contributed by atoms with Crippen molar-refractivity contribution in [1.29, 1.82) is 0 Å². The van der Waals surface area contributed by atoms with Crippen LogP contribution in [0.2, 0.25) is 5.15 Å². The van der Waals surface area contributed by atoms with E-state index in [1.54, 1.807) is 42.7 Å². The van der Waals surface area contributed by atoms with Gasteiger partial charge in [0.1, 0.15) is 5.15 Å². The van der Waals surface area contributed by atoms with Crippen molar-refractivity contribution in [2.75, 3.05) is 0 Å². The third-order valence-electron chi connectivity index (χ3n) is 4.49. The fourth-order valence-electron chi connectivity index (χ4n) is 3.11. The molecule has 0 saturated carbocycles. The molecule has 0 atom stereocenters. The first-order chi connectivity index (χ1) is 13.5. The number of aromatic nitrogens is 3. The van der Waals surface area contributed by atoms with Gasteiger partial charge in [-0.05, 0) is 42.0 Å². The summed E-state index contributed by atoms with van der Waals surface area (Å²) in [6, 6.07) is 15.4. The summed E-state index contributed by atoms with van der Waals surface area (Å²) >= 11 is 5.86. The van der Waals surface area contributed by atoms with Crippen LogP contribution < -0.4 is 5.43 Å². The summed E-state index contributed by atoms with van der Waals surface area (Å²) in [5, 5.41) is 0.920. The van der Waals surface area contributed by atoms with Gasteiger partial charge in [0, 0.05) is 28.9 Å². The number of para-hydroxylation sites is 1. The third-order valence-corrected chi connectivity index (χ3v) is 4.72. The summed E-state index contributed by atoms with van der Waals surface area (Å²) in [5.41, 5.74) is 2.86. The Balaban J connectivity index is 1.87. The Morgan fingerprint density at radius 3 is 2.68 bits per heavy atom. The van der Waals surface area contributed by atoms with Crippen molar-refractivity contribution in [2.45, 2.75) is 6.54 Å². The van der Waals surface area contributed by atoms with E-state index in [1.165, 1.54) is 6.07 Å². The zero-order valence-electron chi connectivity index (χ0n) is 14.8. The molecule has 0 aliphatic rings. The predicted molar refractivity (Wildman–Crippen MR) is 109 cm³/mol. The smallest absolute Gasteiger partial charge is 0.213 e. The number of fused-ring (bicyclic) bond motifs is 1. The summed E-state index contributed by atoms with van der Waals surface area (Å²) in [6.07, 6.45) is 3.31. The van der Waals surface area contributed by atoms with E-state index < -0.39 is 5.95 Å². The lowest BCUT2D eigenvalue weighted by atomic mass is 10.00. The topological polar surface area (TPSA) is 47.8 Å². The van der Waals surface area contributed by atoms with Crippen LogP contribution in [0.5, 0.6) is 0 Å². The number of hydrogen-bond acceptors (Lipinski definition) is 3. The lowest BCUT2D eigenvalue weighted by Crippen LogP contribution is -2.15. The van der Waals surface area contributed by atoms with Crippen LogP contribution in [0.1, 0.15) is 16.8 Å². The van der Waals surface area contributed by atoms with E-state index in [9.17, 15) is 9.18 Å². The average Bonchev–Trinajstić information content (AvgIpc) is 2.70. The molecule has 0 fully saturated rings. The fourth-order valence-corrected chi connectivity index (χ4v) is 3.23. The monoisotopic (exact) mass is 391 g/mol. The Morgan fingerprint density at radius 1 is 1.11 bits per heavy atom. The average molecular weight is 392 g/mol. The van der Waals surface area contributed by atoms with Crippen LogP contribution in [0.25, 0.3) is 16.5 Å². The Hall–Kier alpha value is -3.31. The van der Waals surface area contributed by atoms with Crippen LogP contribution in [-0.4, -0.2) is 14.5 Å². The highest BCUT2D eigenvalue weighted by atomic mass is 35.5. The minimum atomic E-state index is -0.542. The molecule has 3 heterocycles. The first-order valence-corrected chi connectivity index (χ1v) is 8.95. The van der Waals surface area contributed by atoms with Gasteiger partial charge in [0.15, 0.2) is 5.43 Å². The van der Waals surface area contributed by atoms with E-state index in [4.69, 9.17) is 11.6 Å². The molecule has 0 radical (unpaired) electrons. The molecule has 4 rings (SSSR count). The second-order valence-electron chi connectivity index (χ2n) is 6.32. The highest BCUT2D eigenvalue weighted by Crippen LogP contribution is 2.22. The van der Waals surface area contributed by atoms with Crippen LogP contribution >= 0.6 is 11.6 Å². The first-order valence-electron chi connectivity index (χ1n) is 8.58. The van der Waals surface area contributed by atoms with Gasteiger partial charge in [-0.25, -0.2) is 9.97 Å². The second kappa shape index (κ2) is 7.37. The Bertz CT molecular complexity index is 1250. The van der Waals surface area contributed by atoms with Crippen molar-refractivity contribution in [2.24, 2.45) is 0 Å². The van der Waals surface area contributed by atoms with Gasteiger partial charge in [-0.3, -0.25) is 4.79 Å². The van der Waals surface area contributed by atoms with Crippen molar-refractivity contribution >= 4 is 28.1 Å². The predicted octanol–water partition coefficient (Wildman–Crippen LogP) is 4.69. The zero-order chi connectivity index (χ0) is 19.7. The highest BCUT2D eigenvalue weighted by molar-refractivity contribution is 6.29. The highest BCUT2D eigenvalue weighted by Gasteiger charge is 2.13. The van der Waals surface area contributed by atoms with E-state index in [0.29, 0.717) is 39.5 Å². The van der Waals surface area contributed by atoms with Crippen molar-refractivity contribution in [3.63, 3.8) is 0 Å². The standard InChI is InChI=1S/C22H15ClFN3O/c1-14(15-9-10-20(23)25-11-15)18-13-27(12-16-5-4-8-21(24)26-16)19-7-3-2-6-17(19)22(18)28/h2-11,13H,1,12H2. The van der Waals surface area contributed by atoms with Crippen molar-refractivity contribution in [3.8, 4) is 0 Å². The van der Waals surface area contributed by atoms with Crippen LogP contribution in [0, 0.1) is 5.95 Å². The van der Waals surface area contributed by atoms with E-state index in [1.807, 2.05) is 22.8 Å². The lowest BCUT2D eigenvalue weighted by Gasteiger charge is -2.14. The molecular formula is C22H15ClFN3O. The summed E-state index contributed by atoms with van der Waals surface area (Å²) in [5.74, 6) is -0.542. The lowest BCUT2D eigenvalue weighted by molar-refractivity contribution is 0.573. The maximum absolute atomic E-state index is 13.5. The Kier molecular flexibility index (Phi) is 4.75. The van der Waals surface area contributed by atoms with Crippen molar-refractivity contribution in [1.82, 2.24) is 14.5 Å². The molecular weight excluding hydrogens is 377 g/mol. The molecule has 1 aromatic carbocycles. The maximum Gasteiger partial charge on any atom is 0.213 e. The SMILES string of the molecule is C=C(c1ccc(Cl)nc1)c1cn(Cc2cccc(F)n2)c2ccccc2c1=O. The molecule has 138 valence electrons. The molecule has 28 heavy (non-hydrogen) atoms. The van der Waals surface area contributed by atoms with E-state index in [2.05, 4.69) is 16.5 Å². The van der Waals surface area contributed by atoms with Gasteiger partial charge in [0.2, 0.25) is 5.95 Å². The molecule has 0 bridgehead atoms. The molecule has 0 amide bonds. The molecule has 3 aromatic heterocycles. The maximum atomic E-state index is 13.5. The van der Waals surface area contributed by atoms with E-state index >= 15 is 0 Å². The molecule has 0 spiro atoms. The Morgan fingerprint density at radius 2 is 1.93 bits per heavy atom. The number of hydrogen-bond donors (Lipinski definition) is 0. The molecule has 0 saturated heterocycles. The summed E-state index contributed by atoms with van der Waals surface area (Å²) in [6.45, 7) is 4.40. The molecule has 0 aliphatic heterocycles. The van der Waals surface area contributed by atoms with Gasteiger partial charge in [-0.15, -0.1) is 0 Å². The number of pyridine rings is 3. The number of halogens is 2. The van der Waals surface area contributed by atoms with Gasteiger partial charge in [0.05, 0.1) is 17.8 Å². The molecule has 4 aromatic rings. The minimum Gasteiger partial charge on any atom is -0.341 e. The largest absolute Gasteiger partial charge is 0.341 e. The van der Waals surface area contributed by atoms with E-state index in [-0.39, 0.29) is 5.43 Å². The van der Waals surface area contributed by atoms with Crippen molar-refractivity contribution < 1.29 is 4.39 Å². The third kappa shape index (κ3) is 3.44. The minimum absolute atomic E-state index is 0.126. The van der Waals surface area contributed by atoms with Gasteiger partial charge < -0.3 is 4.57 Å². The normalized spacial score (nSPS) is 10.9. The molecule has 0 aliphatic carbocycles. The number of benzene rings is 1. The second-order valence-corrected chi connectivity index (χ2v) is 6.70. The van der Waals surface area contributed by atoms with Crippen LogP contribution in [0.15, 0.2) is 78.4 Å². The molecule has 6 heteroatoms. The first kappa shape index (κ1) is 18.1. The van der Waals surface area contributed by atoms with Gasteiger partial charge in [-0.2, -0.15) is 4.39 Å². The van der Waals surface area contributed by atoms with Gasteiger partial charge in [-0.1, -0.05) is 36.4 Å². The fraction of sp³-hybridized carbons (Fsp3) is 0.0455. The van der Waals surface area contributed by atoms with E-state index in [0.717, 1.165) is 5.52 Å². The molecule has 0 N–H and O–H groups in total. The number of nitrogens with zero attached hydrogens (tertiary/aromatic N) is 3. The summed E-state index contributed by atoms with van der Waals surface area (Å²) in [4.78, 5) is 21.1. The Labute approximate surface area is 165 Å². The van der Waals surface area contributed by atoms with Gasteiger partial charge >= 0.3 is 0 Å². The van der Waals surface area contributed by atoms with Crippen LogP contribution in [0.4, 0.5) is 4.39 Å². The van der Waals surface area contributed by atoms with Crippen LogP contribution in [0.3, 0.4) is 0 Å². The van der Waals surface area contributed by atoms with Crippen molar-refractivity contribution in [3.05, 3.63) is 112 Å². The molecule has 0 unspecified atom stereocenters. The summed E-state index contributed by atoms with van der Waals surface area (Å²) in [7, 11) is 0. The zero-order valence-corrected chi connectivity index (χ0v) is 15.5.